The van der Waals surface area contributed by atoms with Crippen LogP contribution < -0.4 is 19.2 Å². The van der Waals surface area contributed by atoms with Gasteiger partial charge in [-0.05, 0) is 94.1 Å². The second kappa shape index (κ2) is 15.3. The van der Waals surface area contributed by atoms with Gasteiger partial charge in [0.15, 0.2) is 0 Å². The van der Waals surface area contributed by atoms with Crippen molar-refractivity contribution in [1.82, 2.24) is 4.98 Å². The summed E-state index contributed by atoms with van der Waals surface area (Å²) >= 11 is 0. The summed E-state index contributed by atoms with van der Waals surface area (Å²) in [6.45, 7) is 0. The van der Waals surface area contributed by atoms with Crippen molar-refractivity contribution >= 4 is 34.2 Å². The number of carbonyl (C=O) groups excluding carboxylic acids is 1. The summed E-state index contributed by atoms with van der Waals surface area (Å²) in [4.78, 5) is 27.2. The third kappa shape index (κ3) is 7.18. The molecule has 0 radical (unpaired) electrons. The van der Waals surface area contributed by atoms with Crippen molar-refractivity contribution in [3.05, 3.63) is 172 Å². The smallest absolute Gasteiger partial charge is 0.657 e. The van der Waals surface area contributed by atoms with Crippen molar-refractivity contribution in [1.29, 1.82) is 0 Å². The Labute approximate surface area is 308 Å². The number of aliphatic imine (C=N–C) groups is 2. The first-order valence-electron chi connectivity index (χ1n) is 15.8. The van der Waals surface area contributed by atoms with Gasteiger partial charge in [-0.2, -0.15) is 0 Å². The van der Waals surface area contributed by atoms with E-state index in [0.717, 1.165) is 67.7 Å². The fraction of sp³-hybridized carbons (Fsp3) is 0.0976. The van der Waals surface area contributed by atoms with E-state index < -0.39 is 0 Å². The molecule has 0 aliphatic carbocycles. The van der Waals surface area contributed by atoms with Gasteiger partial charge in [0, 0.05) is 6.08 Å². The van der Waals surface area contributed by atoms with Crippen LogP contribution in [0.5, 0.6) is 17.2 Å². The van der Waals surface area contributed by atoms with Crippen LogP contribution in [0.3, 0.4) is 0 Å². The number of methoxy groups -OCH3 is 4. The summed E-state index contributed by atoms with van der Waals surface area (Å²) in [5.74, 6) is 2.41. The van der Waals surface area contributed by atoms with Gasteiger partial charge in [-0.15, -0.1) is 17.1 Å². The van der Waals surface area contributed by atoms with Crippen molar-refractivity contribution in [2.75, 3.05) is 28.4 Å². The Morgan fingerprint density at radius 3 is 1.41 bits per heavy atom. The molecule has 1 aromatic heterocycles. The SMILES string of the molecule is COC1=N/C(=C(/c2ccc(OC)cc2)c2ccc(/C(=C3/C=CC(C(=C4/C=CC(=O)[N-]4)/c4ccc(OC)cc4)=N3)c3ccc(OC)cc3)[n-]2)C=C1.[Zn+2]. The number of benzene rings is 3. The van der Waals surface area contributed by atoms with Gasteiger partial charge in [-0.3, -0.25) is 0 Å². The molecule has 0 bridgehead atoms. The Balaban J connectivity index is 0.00000448. The molecule has 4 aromatic rings. The molecule has 0 atom stereocenters. The van der Waals surface area contributed by atoms with Crippen molar-refractivity contribution in [2.24, 2.45) is 9.98 Å². The van der Waals surface area contributed by atoms with Gasteiger partial charge in [0.25, 0.3) is 0 Å². The molecular formula is C41H32N4O5Zn. The van der Waals surface area contributed by atoms with E-state index in [4.69, 9.17) is 33.9 Å². The fourth-order valence-electron chi connectivity index (χ4n) is 5.91. The van der Waals surface area contributed by atoms with Crippen molar-refractivity contribution in [2.45, 2.75) is 0 Å². The van der Waals surface area contributed by atoms with Crippen LogP contribution >= 0.6 is 0 Å². The van der Waals surface area contributed by atoms with E-state index in [1.807, 2.05) is 109 Å². The first-order chi connectivity index (χ1) is 24.5. The van der Waals surface area contributed by atoms with Gasteiger partial charge in [-0.25, -0.2) is 9.98 Å². The van der Waals surface area contributed by atoms with Gasteiger partial charge in [0.1, 0.15) is 17.2 Å². The number of aromatic nitrogens is 1. The average molecular weight is 726 g/mol. The number of hydrogen-bond donors (Lipinski definition) is 0. The van der Waals surface area contributed by atoms with E-state index in [2.05, 4.69) is 5.32 Å². The Kier molecular flexibility index (Phi) is 10.4. The van der Waals surface area contributed by atoms with Crippen molar-refractivity contribution < 1.29 is 43.2 Å². The van der Waals surface area contributed by atoms with E-state index in [-0.39, 0.29) is 25.4 Å². The molecule has 10 heteroatoms. The average Bonchev–Trinajstić information content (AvgIpc) is 4.00. The molecular weight excluding hydrogens is 694 g/mol. The molecule has 9 nitrogen and oxygen atoms in total. The van der Waals surface area contributed by atoms with Gasteiger partial charge >= 0.3 is 19.5 Å². The van der Waals surface area contributed by atoms with Gasteiger partial charge in [0.05, 0.1) is 51.5 Å². The molecule has 0 spiro atoms. The molecule has 51 heavy (non-hydrogen) atoms. The Bertz CT molecular complexity index is 2220. The molecule has 1 amide bonds. The molecule has 3 aromatic carbocycles. The molecule has 3 aliphatic rings. The van der Waals surface area contributed by atoms with Gasteiger partial charge in [-0.1, -0.05) is 54.6 Å². The maximum atomic E-state index is 12.2. The first kappa shape index (κ1) is 34.9. The van der Waals surface area contributed by atoms with Crippen LogP contribution in [0.4, 0.5) is 0 Å². The topological polar surface area (TPSA) is 107 Å². The number of ether oxygens (including phenoxy) is 4. The monoisotopic (exact) mass is 724 g/mol. The number of carbonyl (C=O) groups is 1. The molecule has 4 heterocycles. The number of nitrogens with zero attached hydrogens (tertiary/aromatic N) is 4. The number of hydrogen-bond acceptors (Lipinski definition) is 7. The van der Waals surface area contributed by atoms with Crippen molar-refractivity contribution in [3.8, 4) is 17.2 Å². The van der Waals surface area contributed by atoms with Crippen LogP contribution in [0.25, 0.3) is 22.0 Å². The van der Waals surface area contributed by atoms with Gasteiger partial charge in [0.2, 0.25) is 5.90 Å². The predicted molar refractivity (Wildman–Crippen MR) is 195 cm³/mol. The van der Waals surface area contributed by atoms with Crippen molar-refractivity contribution in [3.63, 3.8) is 0 Å². The van der Waals surface area contributed by atoms with E-state index in [1.54, 1.807) is 34.5 Å². The standard InChI is InChI=1S/C41H33N4O5.Zn/c1-47-28-11-5-25(6-12-28)39(31-17-19-33(42-31)40(35-21-23-37(46)44-35)26-7-13-29(48-2)14-8-26)32-18-20-34(43-32)41(36-22-24-38(45-36)50-4)27-9-15-30(49-3)16-10-27;/h5-24H,1-4H3,(H-,42,43,44,45,46);/q-1;+2/p-1. The minimum Gasteiger partial charge on any atom is -0.657 e. The van der Waals surface area contributed by atoms with Crippen LogP contribution in [0.2, 0.25) is 0 Å². The third-order valence-electron chi connectivity index (χ3n) is 8.39. The Hall–Kier alpha value is -5.99. The summed E-state index contributed by atoms with van der Waals surface area (Å²) in [5, 5.41) is 4.27. The van der Waals surface area contributed by atoms with E-state index in [1.165, 1.54) is 6.08 Å². The second-order valence-corrected chi connectivity index (χ2v) is 11.3. The second-order valence-electron chi connectivity index (χ2n) is 11.3. The van der Waals surface area contributed by atoms with Crippen LogP contribution in [0, 0.1) is 0 Å². The molecule has 0 saturated carbocycles. The van der Waals surface area contributed by atoms with E-state index >= 15 is 0 Å². The maximum Gasteiger partial charge on any atom is 2.00 e. The quantitative estimate of drug-likeness (QED) is 0.164. The van der Waals surface area contributed by atoms with Gasteiger partial charge < -0.3 is 34.0 Å². The molecule has 0 saturated heterocycles. The number of amides is 1. The maximum absolute atomic E-state index is 12.2. The van der Waals surface area contributed by atoms with Crippen LogP contribution in [0.1, 0.15) is 28.1 Å². The zero-order valence-corrected chi connectivity index (χ0v) is 31.6. The third-order valence-corrected chi connectivity index (χ3v) is 8.39. The fourth-order valence-corrected chi connectivity index (χ4v) is 5.91. The summed E-state index contributed by atoms with van der Waals surface area (Å²) in [5.41, 5.74) is 9.18. The summed E-state index contributed by atoms with van der Waals surface area (Å²) in [6, 6.07) is 27.2. The van der Waals surface area contributed by atoms with E-state index in [9.17, 15) is 4.79 Å². The minimum atomic E-state index is -0.308. The number of allylic oxidation sites excluding steroid dienone is 5. The number of rotatable bonds is 9. The van der Waals surface area contributed by atoms with Crippen LogP contribution in [-0.4, -0.2) is 46.0 Å². The molecule has 3 aliphatic heterocycles. The molecule has 0 N–H and O–H groups in total. The largest absolute Gasteiger partial charge is 2.00 e. The van der Waals surface area contributed by atoms with Crippen LogP contribution in [0.15, 0.2) is 148 Å². The zero-order valence-electron chi connectivity index (χ0n) is 28.6. The summed E-state index contributed by atoms with van der Waals surface area (Å²) < 4.78 is 21.7. The first-order valence-corrected chi connectivity index (χ1v) is 15.8. The Morgan fingerprint density at radius 1 is 0.510 bits per heavy atom. The Morgan fingerprint density at radius 2 is 0.980 bits per heavy atom. The van der Waals surface area contributed by atoms with E-state index in [0.29, 0.717) is 23.0 Å². The normalized spacial score (nSPS) is 17.4. The molecule has 0 fully saturated rings. The molecule has 7 rings (SSSR count). The zero-order chi connectivity index (χ0) is 34.6. The minimum absolute atomic E-state index is 0. The predicted octanol–water partition coefficient (Wildman–Crippen LogP) is 7.69. The molecule has 248 valence electrons. The van der Waals surface area contributed by atoms with Crippen LogP contribution in [-0.2, 0) is 29.0 Å². The summed E-state index contributed by atoms with van der Waals surface area (Å²) in [7, 11) is 6.50. The summed E-state index contributed by atoms with van der Waals surface area (Å²) in [6.07, 6.45) is 10.8. The molecule has 0 unspecified atom stereocenters.